The predicted molar refractivity (Wildman–Crippen MR) is 241 cm³/mol. The molecule has 2 heterocycles. The second-order valence-corrected chi connectivity index (χ2v) is 18.8. The number of ether oxygens (including phenoxy) is 6. The van der Waals surface area contributed by atoms with E-state index >= 15 is 0 Å². The molecule has 0 aliphatic heterocycles. The van der Waals surface area contributed by atoms with Gasteiger partial charge in [-0.25, -0.2) is 19.6 Å². The van der Waals surface area contributed by atoms with Crippen LogP contribution in [0.5, 0.6) is 0 Å². The van der Waals surface area contributed by atoms with E-state index in [1.807, 2.05) is 6.92 Å². The summed E-state index contributed by atoms with van der Waals surface area (Å²) in [6, 6.07) is 13.4. The van der Waals surface area contributed by atoms with Crippen molar-refractivity contribution in [2.75, 3.05) is 14.2 Å². The summed E-state index contributed by atoms with van der Waals surface area (Å²) in [5.74, 6) is -2.19. The van der Waals surface area contributed by atoms with Crippen LogP contribution in [-0.2, 0) is 59.9 Å². The van der Waals surface area contributed by atoms with Gasteiger partial charge in [-0.05, 0) is 145 Å². The zero-order valence-electron chi connectivity index (χ0n) is 40.3. The molecule has 16 nitrogen and oxygen atoms in total. The van der Waals surface area contributed by atoms with Crippen molar-refractivity contribution in [3.63, 3.8) is 0 Å². The number of aryl methyl sites for hydroxylation is 2. The van der Waals surface area contributed by atoms with Crippen molar-refractivity contribution in [2.24, 2.45) is 5.92 Å². The van der Waals surface area contributed by atoms with Gasteiger partial charge in [0.15, 0.2) is 5.92 Å². The Kier molecular flexibility index (Phi) is 19.7. The van der Waals surface area contributed by atoms with Crippen LogP contribution < -0.4 is 0 Å². The summed E-state index contributed by atoms with van der Waals surface area (Å²) < 4.78 is 41.4. The quantitative estimate of drug-likeness (QED) is 0.0593. The lowest BCUT2D eigenvalue weighted by molar-refractivity contribution is -0.175. The number of carbonyl (C=O) groups excluding carboxylic acids is 6. The van der Waals surface area contributed by atoms with Crippen molar-refractivity contribution in [3.05, 3.63) is 82.6 Å². The van der Waals surface area contributed by atoms with Crippen molar-refractivity contribution in [3.8, 4) is 22.9 Å². The molecule has 0 saturated heterocycles. The number of esters is 6. The number of methoxy groups -OCH3 is 2. The molecule has 4 rings (SSSR count). The molecule has 0 spiro atoms. The second kappa shape index (κ2) is 23.2. The highest BCUT2D eigenvalue weighted by Gasteiger charge is 2.36. The van der Waals surface area contributed by atoms with E-state index in [-0.39, 0.29) is 18.8 Å². The fourth-order valence-electron chi connectivity index (χ4n) is 5.22. The molecule has 0 aliphatic carbocycles. The molecule has 2 aromatic carbocycles. The fraction of sp³-hybridized carbons (Fsp3) is 0.500. The Morgan fingerprint density at radius 1 is 0.538 bits per heavy atom. The van der Waals surface area contributed by atoms with Crippen molar-refractivity contribution in [1.82, 2.24) is 9.97 Å². The summed E-state index contributed by atoms with van der Waals surface area (Å²) in [5, 5.41) is 0. The molecule has 0 unspecified atom stereocenters. The topological polar surface area (TPSA) is 210 Å². The molecule has 2 aromatic heterocycles. The van der Waals surface area contributed by atoms with Crippen LogP contribution in [-0.4, -0.2) is 82.4 Å². The third kappa shape index (κ3) is 19.7. The number of halogens is 1. The average Bonchev–Trinajstić information content (AvgIpc) is 3.74. The third-order valence-electron chi connectivity index (χ3n) is 7.93. The van der Waals surface area contributed by atoms with E-state index in [1.54, 1.807) is 139 Å². The van der Waals surface area contributed by atoms with Gasteiger partial charge < -0.3 is 37.3 Å². The molecular formula is C48H63ClN2O14. The molecule has 17 heteroatoms. The van der Waals surface area contributed by atoms with Gasteiger partial charge in [0.2, 0.25) is 11.8 Å². The number of hydrogen-bond donors (Lipinski definition) is 0. The molecule has 0 atom stereocenters. The molecule has 356 valence electrons. The Morgan fingerprint density at radius 2 is 0.862 bits per heavy atom. The number of nitrogens with zero attached hydrogens (tertiary/aromatic N) is 2. The molecule has 0 amide bonds. The minimum atomic E-state index is -1.19. The van der Waals surface area contributed by atoms with Crippen molar-refractivity contribution < 1.29 is 66.0 Å². The largest absolute Gasteiger partial charge is 0.465 e. The summed E-state index contributed by atoms with van der Waals surface area (Å²) in [4.78, 5) is 79.7. The van der Waals surface area contributed by atoms with Gasteiger partial charge in [-0.1, -0.05) is 0 Å². The molecule has 4 aromatic rings. The van der Waals surface area contributed by atoms with Crippen LogP contribution >= 0.6 is 11.6 Å². The molecule has 0 bridgehead atoms. The Hall–Kier alpha value is -6.03. The molecule has 0 aliphatic rings. The number of carbonyl (C=O) groups is 6. The summed E-state index contributed by atoms with van der Waals surface area (Å²) in [6.07, 6.45) is -0.367. The first-order valence-electron chi connectivity index (χ1n) is 20.6. The van der Waals surface area contributed by atoms with Gasteiger partial charge >= 0.3 is 35.8 Å². The second-order valence-electron chi connectivity index (χ2n) is 18.5. The highest BCUT2D eigenvalue weighted by molar-refractivity contribution is 6.17. The van der Waals surface area contributed by atoms with Gasteiger partial charge in [0.25, 0.3) is 0 Å². The molecular weight excluding hydrogens is 864 g/mol. The maximum atomic E-state index is 12.8. The van der Waals surface area contributed by atoms with Gasteiger partial charge in [0, 0.05) is 17.5 Å². The Bertz CT molecular complexity index is 2190. The highest BCUT2D eigenvalue weighted by Crippen LogP contribution is 2.27. The van der Waals surface area contributed by atoms with Crippen LogP contribution in [0.4, 0.5) is 0 Å². The number of alkyl halides is 1. The van der Waals surface area contributed by atoms with Crippen molar-refractivity contribution in [1.29, 1.82) is 0 Å². The van der Waals surface area contributed by atoms with E-state index in [1.165, 1.54) is 14.2 Å². The molecule has 0 N–H and O–H groups in total. The monoisotopic (exact) mass is 926 g/mol. The van der Waals surface area contributed by atoms with E-state index in [2.05, 4.69) is 14.7 Å². The summed E-state index contributed by atoms with van der Waals surface area (Å²) >= 11 is 5.73. The number of hydrogen-bond acceptors (Lipinski definition) is 16. The van der Waals surface area contributed by atoms with Crippen LogP contribution in [0.25, 0.3) is 22.9 Å². The number of oxazole rings is 2. The lowest BCUT2D eigenvalue weighted by atomic mass is 10.0. The standard InChI is InChI=1S/C24H31NO7.C13H12ClNO3.C11H20O4/c1-14-18(25-19(30-14)15-9-11-16(12-10-15)20(26)29-8)13-17(21(27)31-23(2,3)4)22(28)32-24(5,6)7;1-8-11(7-14)15-12(18-8)9-3-5-10(6-4-9)13(16)17-2;1-10(2,3)14-8(12)7-9(13)15-11(4,5)6/h9-12,17H,13H2,1-8H3;3-6H,7H2,1-2H3;7H2,1-6H3. The Labute approximate surface area is 386 Å². The minimum Gasteiger partial charge on any atom is -0.465 e. The lowest BCUT2D eigenvalue weighted by Gasteiger charge is -2.26. The molecule has 0 radical (unpaired) electrons. The summed E-state index contributed by atoms with van der Waals surface area (Å²) in [7, 11) is 2.66. The van der Waals surface area contributed by atoms with E-state index in [0.29, 0.717) is 51.6 Å². The van der Waals surface area contributed by atoms with E-state index in [9.17, 15) is 28.8 Å². The van der Waals surface area contributed by atoms with Crippen LogP contribution in [0, 0.1) is 19.8 Å². The first-order valence-corrected chi connectivity index (χ1v) is 21.1. The lowest BCUT2D eigenvalue weighted by Crippen LogP contribution is -2.38. The van der Waals surface area contributed by atoms with Gasteiger partial charge in [-0.2, -0.15) is 0 Å². The van der Waals surface area contributed by atoms with Crippen LogP contribution in [0.3, 0.4) is 0 Å². The minimum absolute atomic E-state index is 0.0284. The van der Waals surface area contributed by atoms with Crippen LogP contribution in [0.2, 0.25) is 0 Å². The highest BCUT2D eigenvalue weighted by atomic mass is 35.5. The van der Waals surface area contributed by atoms with E-state index < -0.39 is 58.2 Å². The summed E-state index contributed by atoms with van der Waals surface area (Å²) in [5.41, 5.74) is 0.823. The van der Waals surface area contributed by atoms with Crippen molar-refractivity contribution >= 4 is 47.4 Å². The smallest absolute Gasteiger partial charge is 0.337 e. The van der Waals surface area contributed by atoms with E-state index in [0.717, 1.165) is 11.3 Å². The SMILES string of the molecule is CC(C)(C)OC(=O)CC(=O)OC(C)(C)C.COC(=O)c1ccc(-c2nc(CC(C(=O)OC(C)(C)C)C(=O)OC(C)(C)C)c(C)o2)cc1.COC(=O)c1ccc(-c2nc(CCl)c(C)o2)cc1. The van der Waals surface area contributed by atoms with E-state index in [4.69, 9.17) is 44.1 Å². The molecule has 0 saturated carbocycles. The third-order valence-corrected chi connectivity index (χ3v) is 8.18. The van der Waals surface area contributed by atoms with Gasteiger partial charge in [-0.15, -0.1) is 11.6 Å². The average molecular weight is 927 g/mol. The zero-order chi connectivity index (χ0) is 49.7. The van der Waals surface area contributed by atoms with Crippen molar-refractivity contribution in [2.45, 2.75) is 138 Å². The Balaban J connectivity index is 0.000000371. The maximum Gasteiger partial charge on any atom is 0.337 e. The molecule has 0 fully saturated rings. The van der Waals surface area contributed by atoms with Gasteiger partial charge in [0.05, 0.1) is 42.6 Å². The fourth-order valence-corrected chi connectivity index (χ4v) is 5.47. The van der Waals surface area contributed by atoms with Crippen LogP contribution in [0.15, 0.2) is 57.4 Å². The zero-order valence-corrected chi connectivity index (χ0v) is 41.1. The van der Waals surface area contributed by atoms with Crippen LogP contribution in [0.1, 0.15) is 133 Å². The summed E-state index contributed by atoms with van der Waals surface area (Å²) in [6.45, 7) is 24.4. The number of aromatic nitrogens is 2. The predicted octanol–water partition coefficient (Wildman–Crippen LogP) is 9.51. The number of benzene rings is 2. The first-order chi connectivity index (χ1) is 29.8. The number of rotatable bonds is 11. The normalized spacial score (nSPS) is 11.5. The van der Waals surface area contributed by atoms with Gasteiger partial charge in [0.1, 0.15) is 40.3 Å². The first kappa shape index (κ1) is 55.1. The van der Waals surface area contributed by atoms with Gasteiger partial charge in [-0.3, -0.25) is 19.2 Å². The maximum absolute atomic E-state index is 12.8. The molecule has 65 heavy (non-hydrogen) atoms. The Morgan fingerprint density at radius 3 is 1.15 bits per heavy atom.